The zero-order valence-electron chi connectivity index (χ0n) is 26.6. The number of nitrogens with zero attached hydrogens (tertiary/aromatic N) is 2. The standard InChI is InChI=1S/C34H42ClF3N4O3/c1-22-10-7-8-11-25(22)26-14-13-24(19-31(44)41-29(33(2,3)4)20-30(43)39-21-34(36,37)38)40-32(26)23-12-15-27(35)28(18-23)45-17-9-16-42(5)6/h7-8,10-15,18,29H,9,16-17,19-21H2,1-6H3,(H,39,43)(H,41,44)/t29-/m0/s1. The van der Waals surface area contributed by atoms with Crippen LogP contribution in [0.4, 0.5) is 13.2 Å². The fraction of sp³-hybridized carbons (Fsp3) is 0.441. The SMILES string of the molecule is Cc1ccccc1-c1ccc(CC(=O)N[C@@H](CC(=O)NCC(F)(F)F)C(C)(C)C)nc1-c1ccc(Cl)c(OCCCN(C)C)c1. The molecule has 2 aromatic carbocycles. The van der Waals surface area contributed by atoms with Gasteiger partial charge in [-0.25, -0.2) is 0 Å². The van der Waals surface area contributed by atoms with E-state index in [1.165, 1.54) is 0 Å². The van der Waals surface area contributed by atoms with Gasteiger partial charge in [0.1, 0.15) is 12.3 Å². The number of alkyl halides is 3. The summed E-state index contributed by atoms with van der Waals surface area (Å²) in [5.74, 6) is -0.662. The summed E-state index contributed by atoms with van der Waals surface area (Å²) in [4.78, 5) is 32.5. The van der Waals surface area contributed by atoms with Gasteiger partial charge in [-0.3, -0.25) is 14.6 Å². The van der Waals surface area contributed by atoms with Gasteiger partial charge in [0.2, 0.25) is 11.8 Å². The average molecular weight is 647 g/mol. The zero-order chi connectivity index (χ0) is 33.4. The third-order valence-corrected chi connectivity index (χ3v) is 7.51. The van der Waals surface area contributed by atoms with Crippen LogP contribution in [0, 0.1) is 12.3 Å². The molecule has 0 saturated heterocycles. The number of nitrogens with one attached hydrogen (secondary N) is 2. The van der Waals surface area contributed by atoms with Crippen LogP contribution in [0.5, 0.6) is 5.75 Å². The lowest BCUT2D eigenvalue weighted by Gasteiger charge is -2.31. The van der Waals surface area contributed by atoms with Crippen molar-refractivity contribution in [3.05, 3.63) is 70.9 Å². The van der Waals surface area contributed by atoms with Gasteiger partial charge in [-0.1, -0.05) is 68.8 Å². The Morgan fingerprint density at radius 1 is 1.00 bits per heavy atom. The summed E-state index contributed by atoms with van der Waals surface area (Å²) in [6.07, 6.45) is -4.09. The number of rotatable bonds is 13. The van der Waals surface area contributed by atoms with Gasteiger partial charge in [0.05, 0.1) is 29.4 Å². The summed E-state index contributed by atoms with van der Waals surface area (Å²) < 4.78 is 43.8. The van der Waals surface area contributed by atoms with E-state index in [9.17, 15) is 22.8 Å². The van der Waals surface area contributed by atoms with E-state index in [0.717, 1.165) is 35.2 Å². The molecule has 0 aliphatic heterocycles. The van der Waals surface area contributed by atoms with Gasteiger partial charge in [0.15, 0.2) is 0 Å². The quantitative estimate of drug-likeness (QED) is 0.199. The van der Waals surface area contributed by atoms with Crippen LogP contribution in [0.3, 0.4) is 0 Å². The van der Waals surface area contributed by atoms with E-state index in [0.29, 0.717) is 28.8 Å². The number of amides is 2. The van der Waals surface area contributed by atoms with Crippen molar-refractivity contribution in [1.29, 1.82) is 0 Å². The summed E-state index contributed by atoms with van der Waals surface area (Å²) in [5, 5.41) is 5.20. The molecule has 0 bridgehead atoms. The second-order valence-electron chi connectivity index (χ2n) is 12.4. The maximum Gasteiger partial charge on any atom is 0.405 e. The molecule has 0 saturated carbocycles. The van der Waals surface area contributed by atoms with Crippen LogP contribution in [0.25, 0.3) is 22.4 Å². The van der Waals surface area contributed by atoms with E-state index in [2.05, 4.69) is 10.2 Å². The topological polar surface area (TPSA) is 83.6 Å². The number of hydrogen-bond donors (Lipinski definition) is 2. The van der Waals surface area contributed by atoms with Gasteiger partial charge in [-0.2, -0.15) is 13.2 Å². The van der Waals surface area contributed by atoms with Gasteiger partial charge < -0.3 is 20.3 Å². The highest BCUT2D eigenvalue weighted by atomic mass is 35.5. The Morgan fingerprint density at radius 3 is 2.36 bits per heavy atom. The Hall–Kier alpha value is -3.63. The minimum Gasteiger partial charge on any atom is -0.492 e. The number of aryl methyl sites for hydroxylation is 1. The lowest BCUT2D eigenvalue weighted by molar-refractivity contribution is -0.139. The van der Waals surface area contributed by atoms with E-state index in [-0.39, 0.29) is 12.8 Å². The number of aromatic nitrogens is 1. The molecule has 3 rings (SSSR count). The van der Waals surface area contributed by atoms with E-state index in [1.54, 1.807) is 12.1 Å². The molecule has 244 valence electrons. The lowest BCUT2D eigenvalue weighted by atomic mass is 9.84. The van der Waals surface area contributed by atoms with Gasteiger partial charge >= 0.3 is 6.18 Å². The summed E-state index contributed by atoms with van der Waals surface area (Å²) in [6, 6.07) is 16.4. The van der Waals surface area contributed by atoms with Crippen LogP contribution in [-0.4, -0.2) is 67.7 Å². The third-order valence-electron chi connectivity index (χ3n) is 7.20. The fourth-order valence-corrected chi connectivity index (χ4v) is 4.85. The molecule has 2 N–H and O–H groups in total. The number of ether oxygens (including phenoxy) is 1. The Balaban J connectivity index is 1.89. The summed E-state index contributed by atoms with van der Waals surface area (Å²) in [5.41, 5.74) is 4.20. The maximum atomic E-state index is 13.2. The molecule has 0 spiro atoms. The van der Waals surface area contributed by atoms with Crippen LogP contribution < -0.4 is 15.4 Å². The summed E-state index contributed by atoms with van der Waals surface area (Å²) >= 11 is 6.48. The first-order valence-corrected chi connectivity index (χ1v) is 15.2. The normalized spacial score (nSPS) is 12.6. The maximum absolute atomic E-state index is 13.2. The van der Waals surface area contributed by atoms with Crippen LogP contribution in [0.15, 0.2) is 54.6 Å². The lowest BCUT2D eigenvalue weighted by Crippen LogP contribution is -2.48. The van der Waals surface area contributed by atoms with E-state index in [4.69, 9.17) is 21.3 Å². The number of benzene rings is 2. The Bertz CT molecular complexity index is 1470. The van der Waals surface area contributed by atoms with Gasteiger partial charge in [-0.15, -0.1) is 0 Å². The van der Waals surface area contributed by atoms with E-state index in [1.807, 2.05) is 89.6 Å². The Labute approximate surface area is 268 Å². The van der Waals surface area contributed by atoms with Crippen LogP contribution >= 0.6 is 11.6 Å². The molecule has 1 atom stereocenters. The second-order valence-corrected chi connectivity index (χ2v) is 12.8. The minimum absolute atomic E-state index is 0.0979. The highest BCUT2D eigenvalue weighted by Gasteiger charge is 2.31. The minimum atomic E-state index is -4.52. The van der Waals surface area contributed by atoms with Gasteiger partial charge in [0, 0.05) is 30.1 Å². The van der Waals surface area contributed by atoms with Crippen LogP contribution in [0.1, 0.15) is 44.9 Å². The molecular weight excluding hydrogens is 605 g/mol. The second kappa shape index (κ2) is 15.6. The first kappa shape index (κ1) is 35.8. The van der Waals surface area contributed by atoms with Gasteiger partial charge in [0.25, 0.3) is 0 Å². The van der Waals surface area contributed by atoms with Crippen LogP contribution in [-0.2, 0) is 16.0 Å². The Kier molecular flexibility index (Phi) is 12.4. The Morgan fingerprint density at radius 2 is 1.71 bits per heavy atom. The number of halogens is 4. The van der Waals surface area contributed by atoms with Crippen molar-refractivity contribution in [2.24, 2.45) is 5.41 Å². The van der Waals surface area contributed by atoms with Crippen molar-refractivity contribution in [2.75, 3.05) is 33.8 Å². The molecule has 1 heterocycles. The van der Waals surface area contributed by atoms with E-state index >= 15 is 0 Å². The van der Waals surface area contributed by atoms with Crippen molar-refractivity contribution >= 4 is 23.4 Å². The molecule has 7 nitrogen and oxygen atoms in total. The molecule has 2 amide bonds. The van der Waals surface area contributed by atoms with Crippen molar-refractivity contribution in [1.82, 2.24) is 20.5 Å². The molecule has 1 aromatic heterocycles. The van der Waals surface area contributed by atoms with Crippen molar-refractivity contribution in [3.8, 4) is 28.1 Å². The molecule has 0 fully saturated rings. The molecule has 3 aromatic rings. The third kappa shape index (κ3) is 11.3. The molecule has 0 radical (unpaired) electrons. The van der Waals surface area contributed by atoms with Crippen LogP contribution in [0.2, 0.25) is 5.02 Å². The molecule has 45 heavy (non-hydrogen) atoms. The molecular formula is C34H42ClF3N4O3. The predicted octanol–water partition coefficient (Wildman–Crippen LogP) is 6.85. The smallest absolute Gasteiger partial charge is 0.405 e. The predicted molar refractivity (Wildman–Crippen MR) is 172 cm³/mol. The van der Waals surface area contributed by atoms with E-state index < -0.39 is 36.0 Å². The molecule has 11 heteroatoms. The van der Waals surface area contributed by atoms with Crippen molar-refractivity contribution in [3.63, 3.8) is 0 Å². The zero-order valence-corrected chi connectivity index (χ0v) is 27.4. The average Bonchev–Trinajstić information content (AvgIpc) is 2.94. The molecule has 0 aliphatic rings. The largest absolute Gasteiger partial charge is 0.492 e. The highest BCUT2D eigenvalue weighted by Crippen LogP contribution is 2.36. The number of carbonyl (C=O) groups excluding carboxylic acids is 2. The first-order chi connectivity index (χ1) is 21.0. The monoisotopic (exact) mass is 646 g/mol. The van der Waals surface area contributed by atoms with Crippen molar-refractivity contribution < 1.29 is 27.5 Å². The fourth-order valence-electron chi connectivity index (χ4n) is 4.67. The summed E-state index contributed by atoms with van der Waals surface area (Å²) in [6.45, 7) is 7.37. The number of pyridine rings is 1. The molecule has 0 unspecified atom stereocenters. The highest BCUT2D eigenvalue weighted by molar-refractivity contribution is 6.32. The number of hydrogen-bond acceptors (Lipinski definition) is 5. The van der Waals surface area contributed by atoms with Gasteiger partial charge in [-0.05, 0) is 62.2 Å². The molecule has 0 aliphatic carbocycles. The van der Waals surface area contributed by atoms with Crippen molar-refractivity contribution in [2.45, 2.75) is 59.2 Å². The first-order valence-electron chi connectivity index (χ1n) is 14.8. The summed E-state index contributed by atoms with van der Waals surface area (Å²) in [7, 11) is 4.00. The number of carbonyl (C=O) groups is 2.